The van der Waals surface area contributed by atoms with Crippen molar-refractivity contribution in [3.05, 3.63) is 0 Å². The molecule has 0 spiro atoms. The Labute approximate surface area is 77.3 Å². The van der Waals surface area contributed by atoms with Crippen LogP contribution in [0.2, 0.25) is 0 Å². The molecule has 1 heterocycles. The highest BCUT2D eigenvalue weighted by molar-refractivity contribution is 4.74. The molecule has 1 atom stereocenters. The topological polar surface area (TPSA) is 15.3 Å². The Bertz CT molecular complexity index is 93.8. The van der Waals surface area contributed by atoms with Crippen LogP contribution in [0.4, 0.5) is 0 Å². The number of hydrogen-bond donors (Lipinski definition) is 1. The molecule has 0 aliphatic carbocycles. The van der Waals surface area contributed by atoms with Gasteiger partial charge in [0.05, 0.1) is 0 Å². The lowest BCUT2D eigenvalue weighted by atomic mass is 10.1. The second kappa shape index (κ2) is 7.56. The monoisotopic (exact) mass is 172 g/mol. The van der Waals surface area contributed by atoms with Gasteiger partial charge in [-0.15, -0.1) is 0 Å². The molecule has 0 aromatic rings. The van der Waals surface area contributed by atoms with E-state index in [0.717, 1.165) is 6.04 Å². The van der Waals surface area contributed by atoms with E-state index in [1.807, 2.05) is 7.05 Å². The van der Waals surface area contributed by atoms with Gasteiger partial charge in [0.15, 0.2) is 0 Å². The van der Waals surface area contributed by atoms with Crippen LogP contribution in [-0.2, 0) is 0 Å². The third-order valence-corrected chi connectivity index (χ3v) is 2.03. The van der Waals surface area contributed by atoms with Crippen molar-refractivity contribution in [2.45, 2.75) is 39.2 Å². The number of hydrogen-bond acceptors (Lipinski definition) is 2. The molecule has 0 radical (unpaired) electrons. The van der Waals surface area contributed by atoms with Crippen molar-refractivity contribution in [3.63, 3.8) is 0 Å². The third kappa shape index (κ3) is 5.56. The number of nitrogens with zero attached hydrogens (tertiary/aromatic N) is 1. The summed E-state index contributed by atoms with van der Waals surface area (Å²) in [7, 11) is 4.23. The minimum Gasteiger partial charge on any atom is -0.316 e. The number of piperidine rings is 1. The summed E-state index contributed by atoms with van der Waals surface area (Å²) in [6.07, 6.45) is 3.95. The molecule has 1 unspecified atom stereocenters. The van der Waals surface area contributed by atoms with Crippen molar-refractivity contribution in [1.82, 2.24) is 10.2 Å². The van der Waals surface area contributed by atoms with Gasteiger partial charge in [-0.1, -0.05) is 20.3 Å². The molecule has 0 aromatic heterocycles. The zero-order chi connectivity index (χ0) is 9.40. The predicted molar refractivity (Wildman–Crippen MR) is 55.5 cm³/mol. The summed E-state index contributed by atoms with van der Waals surface area (Å²) in [5.41, 5.74) is 0. The van der Waals surface area contributed by atoms with Crippen LogP contribution >= 0.6 is 0 Å². The van der Waals surface area contributed by atoms with Crippen LogP contribution in [-0.4, -0.2) is 38.1 Å². The Morgan fingerprint density at radius 1 is 1.42 bits per heavy atom. The first-order valence-electron chi connectivity index (χ1n) is 5.10. The third-order valence-electron chi connectivity index (χ3n) is 2.03. The summed E-state index contributed by atoms with van der Waals surface area (Å²) in [6, 6.07) is 0.740. The van der Waals surface area contributed by atoms with Gasteiger partial charge < -0.3 is 10.2 Å². The highest BCUT2D eigenvalue weighted by atomic mass is 15.1. The van der Waals surface area contributed by atoms with Crippen LogP contribution in [0.3, 0.4) is 0 Å². The average molecular weight is 172 g/mol. The van der Waals surface area contributed by atoms with Crippen LogP contribution in [0.25, 0.3) is 0 Å². The van der Waals surface area contributed by atoms with Crippen molar-refractivity contribution >= 4 is 0 Å². The highest BCUT2D eigenvalue weighted by Gasteiger charge is 2.13. The van der Waals surface area contributed by atoms with Crippen molar-refractivity contribution in [3.8, 4) is 0 Å². The SMILES string of the molecule is CCC.CNC1CCCN(C)C1. The Hall–Kier alpha value is -0.0800. The van der Waals surface area contributed by atoms with Crippen LogP contribution in [0.15, 0.2) is 0 Å². The van der Waals surface area contributed by atoms with Crippen LogP contribution in [0.5, 0.6) is 0 Å². The van der Waals surface area contributed by atoms with Crippen LogP contribution in [0, 0.1) is 0 Å². The van der Waals surface area contributed by atoms with Gasteiger partial charge >= 0.3 is 0 Å². The zero-order valence-corrected chi connectivity index (χ0v) is 9.06. The van der Waals surface area contributed by atoms with Crippen molar-refractivity contribution < 1.29 is 0 Å². The molecule has 1 saturated heterocycles. The molecule has 0 bridgehead atoms. The van der Waals surface area contributed by atoms with E-state index >= 15 is 0 Å². The van der Waals surface area contributed by atoms with E-state index in [1.165, 1.54) is 32.4 Å². The van der Waals surface area contributed by atoms with E-state index in [0.29, 0.717) is 0 Å². The fourth-order valence-electron chi connectivity index (χ4n) is 1.40. The summed E-state index contributed by atoms with van der Waals surface area (Å²) in [5.74, 6) is 0. The van der Waals surface area contributed by atoms with Crippen molar-refractivity contribution in [1.29, 1.82) is 0 Å². The zero-order valence-electron chi connectivity index (χ0n) is 9.06. The molecule has 2 heteroatoms. The lowest BCUT2D eigenvalue weighted by Crippen LogP contribution is -2.42. The molecule has 12 heavy (non-hydrogen) atoms. The molecule has 0 amide bonds. The number of likely N-dealkylation sites (tertiary alicyclic amines) is 1. The van der Waals surface area contributed by atoms with E-state index in [-0.39, 0.29) is 0 Å². The Morgan fingerprint density at radius 2 is 2.00 bits per heavy atom. The first kappa shape index (κ1) is 11.9. The maximum absolute atomic E-state index is 3.29. The molecule has 0 aromatic carbocycles. The summed E-state index contributed by atoms with van der Waals surface area (Å²) < 4.78 is 0. The quantitative estimate of drug-likeness (QED) is 0.648. The van der Waals surface area contributed by atoms with E-state index in [2.05, 4.69) is 31.1 Å². The molecule has 1 aliphatic rings. The fraction of sp³-hybridized carbons (Fsp3) is 1.00. The van der Waals surface area contributed by atoms with Gasteiger partial charge in [-0.2, -0.15) is 0 Å². The first-order valence-corrected chi connectivity index (χ1v) is 5.10. The average Bonchev–Trinajstić information content (AvgIpc) is 2.06. The standard InChI is InChI=1S/C7H16N2.C3H8/c1-8-7-4-3-5-9(2)6-7;1-3-2/h7-8H,3-6H2,1-2H3;3H2,1-2H3. The maximum Gasteiger partial charge on any atom is 0.0192 e. The molecule has 1 aliphatic heterocycles. The highest BCUT2D eigenvalue weighted by Crippen LogP contribution is 2.06. The van der Waals surface area contributed by atoms with Gasteiger partial charge in [0.1, 0.15) is 0 Å². The molecule has 1 rings (SSSR count). The van der Waals surface area contributed by atoms with Gasteiger partial charge in [-0.25, -0.2) is 0 Å². The largest absolute Gasteiger partial charge is 0.316 e. The Kier molecular flexibility index (Phi) is 7.51. The normalized spacial score (nSPS) is 24.5. The molecular formula is C10H24N2. The van der Waals surface area contributed by atoms with Crippen molar-refractivity contribution in [2.24, 2.45) is 0 Å². The smallest absolute Gasteiger partial charge is 0.0192 e. The number of likely N-dealkylation sites (N-methyl/N-ethyl adjacent to an activating group) is 2. The fourth-order valence-corrected chi connectivity index (χ4v) is 1.40. The molecule has 0 saturated carbocycles. The van der Waals surface area contributed by atoms with Gasteiger partial charge in [-0.05, 0) is 33.5 Å². The predicted octanol–water partition coefficient (Wildman–Crippen LogP) is 1.72. The lowest BCUT2D eigenvalue weighted by molar-refractivity contribution is 0.234. The summed E-state index contributed by atoms with van der Waals surface area (Å²) in [4.78, 5) is 2.38. The Balaban J connectivity index is 0.000000354. The second-order valence-electron chi connectivity index (χ2n) is 3.60. The van der Waals surface area contributed by atoms with E-state index in [1.54, 1.807) is 0 Å². The minimum atomic E-state index is 0.740. The molecule has 2 nitrogen and oxygen atoms in total. The van der Waals surface area contributed by atoms with Crippen molar-refractivity contribution in [2.75, 3.05) is 27.2 Å². The summed E-state index contributed by atoms with van der Waals surface area (Å²) in [5, 5.41) is 3.29. The molecule has 1 fully saturated rings. The lowest BCUT2D eigenvalue weighted by Gasteiger charge is -2.29. The maximum atomic E-state index is 3.29. The minimum absolute atomic E-state index is 0.740. The van der Waals surface area contributed by atoms with Gasteiger partial charge in [-0.3, -0.25) is 0 Å². The van der Waals surface area contributed by atoms with E-state index in [9.17, 15) is 0 Å². The summed E-state index contributed by atoms with van der Waals surface area (Å²) >= 11 is 0. The molecule has 74 valence electrons. The molecule has 1 N–H and O–H groups in total. The van der Waals surface area contributed by atoms with Gasteiger partial charge in [0, 0.05) is 12.6 Å². The number of rotatable bonds is 1. The number of nitrogens with one attached hydrogen (secondary N) is 1. The first-order chi connectivity index (χ1) is 5.74. The Morgan fingerprint density at radius 3 is 2.33 bits per heavy atom. The molecular weight excluding hydrogens is 148 g/mol. The summed E-state index contributed by atoms with van der Waals surface area (Å²) in [6.45, 7) is 6.74. The van der Waals surface area contributed by atoms with E-state index in [4.69, 9.17) is 0 Å². The van der Waals surface area contributed by atoms with Gasteiger partial charge in [0.2, 0.25) is 0 Å². The van der Waals surface area contributed by atoms with Crippen LogP contribution in [0.1, 0.15) is 33.1 Å². The van der Waals surface area contributed by atoms with Crippen LogP contribution < -0.4 is 5.32 Å². The second-order valence-corrected chi connectivity index (χ2v) is 3.60. The van der Waals surface area contributed by atoms with Gasteiger partial charge in [0.25, 0.3) is 0 Å². The van der Waals surface area contributed by atoms with E-state index < -0.39 is 0 Å².